The number of para-hydroxylation sites is 2. The zero-order chi connectivity index (χ0) is 22.8. The standard InChI is InChI=1S/C24H23N5O4/c30-21(14-33-22(31)18-9-7-17(8-10-18)13-28-16-25-15-26-28)29-20-6-2-1-5-19(20)27-23(32)24(29)11-3-4-12-24/h1-2,5-10,15-16H,3-4,11-14H2,(H,27,32). The number of anilines is 2. The lowest BCUT2D eigenvalue weighted by molar-refractivity contribution is -0.129. The number of rotatable bonds is 5. The maximum atomic E-state index is 13.3. The Kier molecular flexibility index (Phi) is 5.37. The summed E-state index contributed by atoms with van der Waals surface area (Å²) in [4.78, 5) is 44.3. The van der Waals surface area contributed by atoms with Crippen molar-refractivity contribution < 1.29 is 19.1 Å². The molecule has 9 heteroatoms. The van der Waals surface area contributed by atoms with Crippen LogP contribution in [-0.4, -0.2) is 44.7 Å². The molecule has 2 heterocycles. The number of hydrogen-bond donors (Lipinski definition) is 1. The molecule has 2 aliphatic rings. The highest BCUT2D eigenvalue weighted by molar-refractivity contribution is 6.15. The lowest BCUT2D eigenvalue weighted by Gasteiger charge is -2.44. The fourth-order valence-electron chi connectivity index (χ4n) is 4.65. The van der Waals surface area contributed by atoms with Gasteiger partial charge in [-0.3, -0.25) is 14.5 Å². The first kappa shape index (κ1) is 20.9. The molecule has 1 N–H and O–H groups in total. The van der Waals surface area contributed by atoms with E-state index in [1.807, 2.05) is 12.1 Å². The first-order chi connectivity index (χ1) is 16.1. The molecule has 1 spiro atoms. The highest BCUT2D eigenvalue weighted by atomic mass is 16.5. The summed E-state index contributed by atoms with van der Waals surface area (Å²) in [6, 6.07) is 14.1. The maximum absolute atomic E-state index is 13.3. The van der Waals surface area contributed by atoms with E-state index >= 15 is 0 Å². The normalized spacial score (nSPS) is 16.4. The molecule has 0 unspecified atom stereocenters. The van der Waals surface area contributed by atoms with E-state index in [-0.39, 0.29) is 5.91 Å². The van der Waals surface area contributed by atoms with Crippen molar-refractivity contribution >= 4 is 29.2 Å². The first-order valence-electron chi connectivity index (χ1n) is 10.9. The van der Waals surface area contributed by atoms with Gasteiger partial charge in [0.15, 0.2) is 6.61 Å². The average molecular weight is 445 g/mol. The predicted molar refractivity (Wildman–Crippen MR) is 120 cm³/mol. The molecular formula is C24H23N5O4. The van der Waals surface area contributed by atoms with Crippen molar-refractivity contribution in [3.8, 4) is 0 Å². The van der Waals surface area contributed by atoms with Gasteiger partial charge in [0.1, 0.15) is 18.2 Å². The third-order valence-corrected chi connectivity index (χ3v) is 6.25. The van der Waals surface area contributed by atoms with Crippen LogP contribution in [-0.2, 0) is 20.9 Å². The first-order valence-corrected chi connectivity index (χ1v) is 10.9. The largest absolute Gasteiger partial charge is 0.452 e. The summed E-state index contributed by atoms with van der Waals surface area (Å²) in [5.41, 5.74) is 1.59. The number of amides is 2. The lowest BCUT2D eigenvalue weighted by atomic mass is 9.90. The molecule has 1 fully saturated rings. The smallest absolute Gasteiger partial charge is 0.338 e. The number of benzene rings is 2. The van der Waals surface area contributed by atoms with Crippen LogP contribution in [0, 0.1) is 0 Å². The van der Waals surface area contributed by atoms with E-state index in [0.717, 1.165) is 18.4 Å². The minimum absolute atomic E-state index is 0.179. The summed E-state index contributed by atoms with van der Waals surface area (Å²) in [7, 11) is 0. The molecular weight excluding hydrogens is 422 g/mol. The van der Waals surface area contributed by atoms with Gasteiger partial charge in [0, 0.05) is 0 Å². The lowest BCUT2D eigenvalue weighted by Crippen LogP contribution is -2.61. The summed E-state index contributed by atoms with van der Waals surface area (Å²) in [6.45, 7) is 0.0925. The van der Waals surface area contributed by atoms with Crippen molar-refractivity contribution in [1.82, 2.24) is 14.8 Å². The zero-order valence-electron chi connectivity index (χ0n) is 17.9. The van der Waals surface area contributed by atoms with Crippen molar-refractivity contribution in [2.24, 2.45) is 0 Å². The maximum Gasteiger partial charge on any atom is 0.338 e. The molecule has 1 aliphatic heterocycles. The third kappa shape index (κ3) is 3.86. The van der Waals surface area contributed by atoms with Crippen LogP contribution in [0.3, 0.4) is 0 Å². The number of hydrogen-bond acceptors (Lipinski definition) is 6. The highest BCUT2D eigenvalue weighted by Crippen LogP contribution is 2.45. The predicted octanol–water partition coefficient (Wildman–Crippen LogP) is 2.78. The summed E-state index contributed by atoms with van der Waals surface area (Å²) < 4.78 is 7.03. The Morgan fingerprint density at radius 3 is 2.55 bits per heavy atom. The van der Waals surface area contributed by atoms with E-state index in [1.165, 1.54) is 6.33 Å². The molecule has 2 aromatic carbocycles. The van der Waals surface area contributed by atoms with Crippen molar-refractivity contribution in [3.63, 3.8) is 0 Å². The van der Waals surface area contributed by atoms with E-state index in [1.54, 1.807) is 52.3 Å². The zero-order valence-corrected chi connectivity index (χ0v) is 17.9. The summed E-state index contributed by atoms with van der Waals surface area (Å²) >= 11 is 0. The van der Waals surface area contributed by atoms with Crippen LogP contribution >= 0.6 is 0 Å². The molecule has 1 aliphatic carbocycles. The van der Waals surface area contributed by atoms with Crippen LogP contribution in [0.5, 0.6) is 0 Å². The van der Waals surface area contributed by atoms with Crippen LogP contribution in [0.25, 0.3) is 0 Å². The number of nitrogens with one attached hydrogen (secondary N) is 1. The Hall–Kier alpha value is -4.01. The number of aromatic nitrogens is 3. The molecule has 0 atom stereocenters. The number of nitrogens with zero attached hydrogens (tertiary/aromatic N) is 4. The molecule has 33 heavy (non-hydrogen) atoms. The van der Waals surface area contributed by atoms with E-state index in [2.05, 4.69) is 15.4 Å². The monoisotopic (exact) mass is 445 g/mol. The van der Waals surface area contributed by atoms with Gasteiger partial charge in [-0.15, -0.1) is 0 Å². The molecule has 0 saturated heterocycles. The molecule has 3 aromatic rings. The summed E-state index contributed by atoms with van der Waals surface area (Å²) in [5.74, 6) is -1.18. The number of fused-ring (bicyclic) bond motifs is 1. The molecule has 9 nitrogen and oxygen atoms in total. The molecule has 1 aromatic heterocycles. The van der Waals surface area contributed by atoms with Crippen LogP contribution in [0.15, 0.2) is 61.2 Å². The van der Waals surface area contributed by atoms with Gasteiger partial charge in [-0.2, -0.15) is 5.10 Å². The van der Waals surface area contributed by atoms with Crippen LogP contribution in [0.4, 0.5) is 11.4 Å². The number of esters is 1. The van der Waals surface area contributed by atoms with E-state index in [4.69, 9.17) is 4.74 Å². The van der Waals surface area contributed by atoms with Gasteiger partial charge in [0.25, 0.3) is 11.8 Å². The topological polar surface area (TPSA) is 106 Å². The number of carbonyl (C=O) groups excluding carboxylic acids is 3. The molecule has 0 bridgehead atoms. The SMILES string of the molecule is O=C(OCC(=O)N1c2ccccc2NC(=O)C12CCCC2)c1ccc(Cn2cncn2)cc1. The molecule has 1 saturated carbocycles. The van der Waals surface area contributed by atoms with Gasteiger partial charge in [0.2, 0.25) is 0 Å². The minimum atomic E-state index is -0.930. The molecule has 0 radical (unpaired) electrons. The Morgan fingerprint density at radius 1 is 1.06 bits per heavy atom. The minimum Gasteiger partial charge on any atom is -0.452 e. The molecule has 2 amide bonds. The molecule has 168 valence electrons. The van der Waals surface area contributed by atoms with Gasteiger partial charge >= 0.3 is 5.97 Å². The number of carbonyl (C=O) groups is 3. The van der Waals surface area contributed by atoms with Gasteiger partial charge in [-0.05, 0) is 42.7 Å². The third-order valence-electron chi connectivity index (χ3n) is 6.25. The van der Waals surface area contributed by atoms with Crippen LogP contribution < -0.4 is 10.2 Å². The average Bonchev–Trinajstić information content (AvgIpc) is 3.52. The van der Waals surface area contributed by atoms with Gasteiger partial charge in [0.05, 0.1) is 23.5 Å². The second-order valence-electron chi connectivity index (χ2n) is 8.31. The van der Waals surface area contributed by atoms with E-state index in [0.29, 0.717) is 36.3 Å². The van der Waals surface area contributed by atoms with Gasteiger partial charge in [-0.1, -0.05) is 37.1 Å². The fraction of sp³-hybridized carbons (Fsp3) is 0.292. The van der Waals surface area contributed by atoms with Gasteiger partial charge < -0.3 is 10.1 Å². The van der Waals surface area contributed by atoms with Crippen LogP contribution in [0.2, 0.25) is 0 Å². The second kappa shape index (κ2) is 8.50. The van der Waals surface area contributed by atoms with Crippen molar-refractivity contribution in [2.75, 3.05) is 16.8 Å². The fourth-order valence-corrected chi connectivity index (χ4v) is 4.65. The summed E-state index contributed by atoms with van der Waals surface area (Å²) in [6.07, 6.45) is 5.97. The Balaban J connectivity index is 1.29. The van der Waals surface area contributed by atoms with Crippen molar-refractivity contribution in [1.29, 1.82) is 0 Å². The van der Waals surface area contributed by atoms with E-state index in [9.17, 15) is 14.4 Å². The Bertz CT molecular complexity index is 1180. The Morgan fingerprint density at radius 2 is 1.82 bits per heavy atom. The highest BCUT2D eigenvalue weighted by Gasteiger charge is 2.52. The summed E-state index contributed by atoms with van der Waals surface area (Å²) in [5, 5.41) is 7.00. The Labute approximate surface area is 190 Å². The van der Waals surface area contributed by atoms with Gasteiger partial charge in [-0.25, -0.2) is 14.5 Å². The molecule has 5 rings (SSSR count). The van der Waals surface area contributed by atoms with Crippen LogP contribution in [0.1, 0.15) is 41.6 Å². The van der Waals surface area contributed by atoms with Crippen molar-refractivity contribution in [2.45, 2.75) is 37.8 Å². The quantitative estimate of drug-likeness (QED) is 0.606. The number of ether oxygens (including phenoxy) is 1. The second-order valence-corrected chi connectivity index (χ2v) is 8.31. The van der Waals surface area contributed by atoms with E-state index < -0.39 is 24.0 Å². The van der Waals surface area contributed by atoms with Crippen molar-refractivity contribution in [3.05, 3.63) is 72.3 Å².